The summed E-state index contributed by atoms with van der Waals surface area (Å²) in [6.45, 7) is 0.0871. The Morgan fingerprint density at radius 2 is 1.60 bits per heavy atom. The summed E-state index contributed by atoms with van der Waals surface area (Å²) in [5.41, 5.74) is -0.763. The molecule has 0 unspecified atom stereocenters. The molecule has 0 atom stereocenters. The minimum Gasteiger partial charge on any atom is -0.488 e. The second-order valence-electron chi connectivity index (χ2n) is 8.65. The van der Waals surface area contributed by atoms with Gasteiger partial charge in [0.05, 0.1) is 32.3 Å². The Bertz CT molecular complexity index is 1770. The molecule has 5 aromatic rings. The number of aromatic nitrogens is 2. The zero-order chi connectivity index (χ0) is 28.6. The van der Waals surface area contributed by atoms with E-state index in [1.807, 2.05) is 30.3 Å². The third kappa shape index (κ3) is 5.13. The summed E-state index contributed by atoms with van der Waals surface area (Å²) in [5.74, 6) is -2.20. The average molecular weight is 585 g/mol. The van der Waals surface area contributed by atoms with Crippen molar-refractivity contribution in [2.75, 3.05) is 0 Å². The second kappa shape index (κ2) is 10.7. The van der Waals surface area contributed by atoms with Crippen molar-refractivity contribution >= 4 is 46.0 Å². The lowest BCUT2D eigenvalue weighted by Crippen LogP contribution is -2.20. The molecule has 202 valence electrons. The molecule has 40 heavy (non-hydrogen) atoms. The molecule has 6 nitrogen and oxygen atoms in total. The molecule has 0 saturated heterocycles. The van der Waals surface area contributed by atoms with Crippen molar-refractivity contribution in [2.45, 2.75) is 12.8 Å². The first-order valence-corrected chi connectivity index (χ1v) is 12.4. The number of alkyl halides is 3. The number of carboxylic acid groups (broad SMARTS) is 1. The molecule has 0 aliphatic heterocycles. The van der Waals surface area contributed by atoms with E-state index in [1.54, 1.807) is 12.1 Å². The van der Waals surface area contributed by atoms with Crippen LogP contribution >= 0.6 is 23.2 Å². The number of benzene rings is 4. The molecule has 1 N–H and O–H groups in total. The summed E-state index contributed by atoms with van der Waals surface area (Å²) in [6, 6.07) is 20.9. The van der Waals surface area contributed by atoms with Crippen LogP contribution in [0.3, 0.4) is 0 Å². The van der Waals surface area contributed by atoms with E-state index in [1.165, 1.54) is 30.3 Å². The van der Waals surface area contributed by atoms with Crippen LogP contribution in [0, 0.1) is 0 Å². The molecule has 1 heterocycles. The van der Waals surface area contributed by atoms with E-state index in [2.05, 4.69) is 5.10 Å². The molecule has 0 saturated carbocycles. The Morgan fingerprint density at radius 3 is 2.30 bits per heavy atom. The van der Waals surface area contributed by atoms with Crippen LogP contribution in [0.4, 0.5) is 13.2 Å². The number of nitrogens with zero attached hydrogens (tertiary/aromatic N) is 2. The maximum atomic E-state index is 13.8. The second-order valence-corrected chi connectivity index (χ2v) is 9.47. The van der Waals surface area contributed by atoms with E-state index in [-0.39, 0.29) is 34.2 Å². The van der Waals surface area contributed by atoms with Crippen molar-refractivity contribution in [3.63, 3.8) is 0 Å². The molecule has 0 fully saturated rings. The maximum Gasteiger partial charge on any atom is 0.417 e. The highest BCUT2D eigenvalue weighted by Gasteiger charge is 2.37. The predicted molar refractivity (Wildman–Crippen MR) is 144 cm³/mol. The molecule has 0 spiro atoms. The molecule has 1 aromatic heterocycles. The molecular weight excluding hydrogens is 568 g/mol. The van der Waals surface area contributed by atoms with Gasteiger partial charge < -0.3 is 9.84 Å². The first kappa shape index (κ1) is 27.2. The molecule has 11 heteroatoms. The quantitative estimate of drug-likeness (QED) is 0.219. The van der Waals surface area contributed by atoms with Gasteiger partial charge in [0.25, 0.3) is 5.91 Å². The number of carbonyl (C=O) groups excluding carboxylic acids is 1. The molecule has 4 aromatic carbocycles. The Morgan fingerprint density at radius 1 is 0.900 bits per heavy atom. The largest absolute Gasteiger partial charge is 0.488 e. The van der Waals surface area contributed by atoms with E-state index < -0.39 is 34.2 Å². The third-order valence-electron chi connectivity index (χ3n) is 6.10. The highest BCUT2D eigenvalue weighted by atomic mass is 35.5. The lowest BCUT2D eigenvalue weighted by atomic mass is 10.0. The Labute approximate surface area is 235 Å². The highest BCUT2D eigenvalue weighted by Crippen LogP contribution is 2.40. The normalized spacial score (nSPS) is 11.5. The van der Waals surface area contributed by atoms with E-state index in [4.69, 9.17) is 27.9 Å². The molecular formula is C29H17Cl2F3N2O4. The van der Waals surface area contributed by atoms with Crippen molar-refractivity contribution in [1.82, 2.24) is 9.78 Å². The van der Waals surface area contributed by atoms with Gasteiger partial charge in [0.1, 0.15) is 18.1 Å². The Balaban J connectivity index is 1.70. The number of hydrogen-bond donors (Lipinski definition) is 1. The van der Waals surface area contributed by atoms with Gasteiger partial charge in [-0.1, -0.05) is 71.7 Å². The van der Waals surface area contributed by atoms with E-state index >= 15 is 0 Å². The van der Waals surface area contributed by atoms with Crippen LogP contribution in [-0.4, -0.2) is 26.8 Å². The maximum absolute atomic E-state index is 13.8. The average Bonchev–Trinajstić information content (AvgIpc) is 3.32. The van der Waals surface area contributed by atoms with E-state index in [0.29, 0.717) is 10.9 Å². The van der Waals surface area contributed by atoms with Gasteiger partial charge in [-0.3, -0.25) is 4.79 Å². The van der Waals surface area contributed by atoms with Gasteiger partial charge in [-0.2, -0.15) is 23.0 Å². The number of para-hydroxylation sites is 1. The number of halogens is 5. The molecule has 0 bridgehead atoms. The van der Waals surface area contributed by atoms with Crippen LogP contribution in [-0.2, 0) is 12.8 Å². The number of carbonyl (C=O) groups is 2. The van der Waals surface area contributed by atoms with Crippen LogP contribution in [0.2, 0.25) is 10.0 Å². The lowest BCUT2D eigenvalue weighted by molar-refractivity contribution is -0.137. The summed E-state index contributed by atoms with van der Waals surface area (Å²) in [5, 5.41) is 13.9. The number of aromatic carboxylic acids is 1. The van der Waals surface area contributed by atoms with Crippen molar-refractivity contribution in [3.05, 3.63) is 117 Å². The number of carboxylic acids is 1. The van der Waals surface area contributed by atoms with Gasteiger partial charge in [0.2, 0.25) is 0 Å². The van der Waals surface area contributed by atoms with Crippen molar-refractivity contribution < 1.29 is 32.6 Å². The molecule has 5 rings (SSSR count). The van der Waals surface area contributed by atoms with Gasteiger partial charge in [-0.05, 0) is 42.0 Å². The third-order valence-corrected chi connectivity index (χ3v) is 6.72. The van der Waals surface area contributed by atoms with Gasteiger partial charge in [0, 0.05) is 10.9 Å². The highest BCUT2D eigenvalue weighted by molar-refractivity contribution is 6.37. The topological polar surface area (TPSA) is 81.4 Å². The summed E-state index contributed by atoms with van der Waals surface area (Å²) in [7, 11) is 0. The van der Waals surface area contributed by atoms with Crippen molar-refractivity contribution in [2.24, 2.45) is 0 Å². The number of ether oxygens (including phenoxy) is 1. The molecule has 0 amide bonds. The Kier molecular flexibility index (Phi) is 7.27. The van der Waals surface area contributed by atoms with Crippen LogP contribution in [0.25, 0.3) is 22.2 Å². The van der Waals surface area contributed by atoms with Crippen LogP contribution in [0.15, 0.2) is 84.9 Å². The first-order chi connectivity index (χ1) is 19.1. The molecule has 0 aliphatic rings. The van der Waals surface area contributed by atoms with Crippen LogP contribution < -0.4 is 4.74 Å². The fourth-order valence-electron chi connectivity index (χ4n) is 4.26. The fraction of sp³-hybridized carbons (Fsp3) is 0.0690. The predicted octanol–water partition coefficient (Wildman–Crippen LogP) is 7.99. The fourth-order valence-corrected chi connectivity index (χ4v) is 4.77. The summed E-state index contributed by atoms with van der Waals surface area (Å²) in [6.07, 6.45) is -4.86. The van der Waals surface area contributed by atoms with E-state index in [0.717, 1.165) is 22.4 Å². The van der Waals surface area contributed by atoms with E-state index in [9.17, 15) is 27.9 Å². The zero-order valence-corrected chi connectivity index (χ0v) is 21.8. The first-order valence-electron chi connectivity index (χ1n) is 11.7. The van der Waals surface area contributed by atoms with Gasteiger partial charge in [-0.15, -0.1) is 0 Å². The summed E-state index contributed by atoms with van der Waals surface area (Å²) < 4.78 is 48.2. The molecule has 0 radical (unpaired) electrons. The van der Waals surface area contributed by atoms with Crippen LogP contribution in [0.5, 0.6) is 5.75 Å². The van der Waals surface area contributed by atoms with Crippen molar-refractivity contribution in [3.8, 4) is 17.0 Å². The zero-order valence-electron chi connectivity index (χ0n) is 20.2. The van der Waals surface area contributed by atoms with Gasteiger partial charge >= 0.3 is 12.1 Å². The number of fused-ring (bicyclic) bond motifs is 1. The standard InChI is InChI=1S/C29H17Cl2F3N2O4/c30-21-10-5-9-20(29(32,33)34)24(21)27(37)36-26-19(8-4-11-22(26)31)25(35-36)18-13-12-17(28(38)39)14-23(18)40-15-16-6-2-1-3-7-16/h1-14H,15H2,(H,38,39). The minimum absolute atomic E-state index is 0.0496. The molecule has 0 aliphatic carbocycles. The number of hydrogen-bond acceptors (Lipinski definition) is 4. The van der Waals surface area contributed by atoms with Gasteiger partial charge in [-0.25, -0.2) is 4.79 Å². The Hall–Kier alpha value is -4.34. The number of rotatable bonds is 6. The summed E-state index contributed by atoms with van der Waals surface area (Å²) >= 11 is 12.5. The summed E-state index contributed by atoms with van der Waals surface area (Å²) in [4.78, 5) is 25.3. The lowest BCUT2D eigenvalue weighted by Gasteiger charge is -2.14. The SMILES string of the molecule is O=C(O)c1ccc(-c2nn(C(=O)c3c(Cl)cccc3C(F)(F)F)c3c(Cl)cccc23)c(OCc2ccccc2)c1. The van der Waals surface area contributed by atoms with Gasteiger partial charge in [0.15, 0.2) is 0 Å². The van der Waals surface area contributed by atoms with Crippen molar-refractivity contribution in [1.29, 1.82) is 0 Å². The monoisotopic (exact) mass is 584 g/mol. The minimum atomic E-state index is -4.86. The smallest absolute Gasteiger partial charge is 0.417 e. The van der Waals surface area contributed by atoms with Crippen LogP contribution in [0.1, 0.15) is 31.8 Å².